The Labute approximate surface area is 141 Å². The quantitative estimate of drug-likeness (QED) is 0.716. The minimum atomic E-state index is -0.476. The fraction of sp³-hybridized carbons (Fsp3) is 0.316. The van der Waals surface area contributed by atoms with Gasteiger partial charge in [-0.15, -0.1) is 0 Å². The van der Waals surface area contributed by atoms with Crippen molar-refractivity contribution in [3.8, 4) is 11.5 Å². The minimum Gasteiger partial charge on any atom is -0.490 e. The van der Waals surface area contributed by atoms with Crippen LogP contribution < -0.4 is 14.8 Å². The predicted molar refractivity (Wildman–Crippen MR) is 92.4 cm³/mol. The Morgan fingerprint density at radius 2 is 1.88 bits per heavy atom. The lowest BCUT2D eigenvalue weighted by atomic mass is 10.1. The number of ether oxygens (including phenoxy) is 2. The lowest BCUT2D eigenvalue weighted by Gasteiger charge is -2.13. The molecule has 0 saturated heterocycles. The number of amides is 1. The molecule has 0 aromatic heterocycles. The Balaban J connectivity index is 2.16. The standard InChI is InChI=1S/C19H22FNO3/c1-3-5-12-24-17-11-10-14(13-18(17)23-4-2)19(22)21-16-9-7-6-8-15(16)20/h6-11,13H,3-5,12H2,1-2H3,(H,21,22). The largest absolute Gasteiger partial charge is 0.490 e. The molecular formula is C19H22FNO3. The van der Waals surface area contributed by atoms with E-state index in [0.29, 0.717) is 30.3 Å². The number of hydrogen-bond acceptors (Lipinski definition) is 3. The zero-order valence-corrected chi connectivity index (χ0v) is 14.0. The molecule has 0 atom stereocenters. The van der Waals surface area contributed by atoms with Gasteiger partial charge in [0.1, 0.15) is 5.82 Å². The normalized spacial score (nSPS) is 10.3. The second-order valence-corrected chi connectivity index (χ2v) is 5.23. The third kappa shape index (κ3) is 4.72. The van der Waals surface area contributed by atoms with Gasteiger partial charge in [0.05, 0.1) is 18.9 Å². The zero-order chi connectivity index (χ0) is 17.4. The average Bonchev–Trinajstić information content (AvgIpc) is 2.58. The van der Waals surface area contributed by atoms with E-state index in [1.165, 1.54) is 12.1 Å². The van der Waals surface area contributed by atoms with Crippen molar-refractivity contribution in [3.05, 3.63) is 53.8 Å². The van der Waals surface area contributed by atoms with E-state index in [4.69, 9.17) is 9.47 Å². The van der Waals surface area contributed by atoms with Crippen LogP contribution >= 0.6 is 0 Å². The first-order valence-electron chi connectivity index (χ1n) is 8.11. The Bertz CT molecular complexity index is 688. The lowest BCUT2D eigenvalue weighted by molar-refractivity contribution is 0.102. The fourth-order valence-electron chi connectivity index (χ4n) is 2.12. The molecule has 24 heavy (non-hydrogen) atoms. The van der Waals surface area contributed by atoms with Crippen molar-refractivity contribution in [1.29, 1.82) is 0 Å². The molecule has 2 aromatic rings. The maximum atomic E-state index is 13.6. The highest BCUT2D eigenvalue weighted by Gasteiger charge is 2.13. The van der Waals surface area contributed by atoms with Gasteiger partial charge in [0.25, 0.3) is 5.91 Å². The first-order valence-corrected chi connectivity index (χ1v) is 8.11. The van der Waals surface area contributed by atoms with E-state index in [1.54, 1.807) is 30.3 Å². The van der Waals surface area contributed by atoms with Gasteiger partial charge in [-0.2, -0.15) is 0 Å². The van der Waals surface area contributed by atoms with Crippen LogP contribution in [0.1, 0.15) is 37.0 Å². The Hall–Kier alpha value is -2.56. The smallest absolute Gasteiger partial charge is 0.255 e. The monoisotopic (exact) mass is 331 g/mol. The average molecular weight is 331 g/mol. The molecule has 2 aromatic carbocycles. The maximum Gasteiger partial charge on any atom is 0.255 e. The van der Waals surface area contributed by atoms with Crippen LogP contribution in [-0.2, 0) is 0 Å². The van der Waals surface area contributed by atoms with Crippen LogP contribution in [0.2, 0.25) is 0 Å². The molecule has 0 aliphatic heterocycles. The third-order valence-electron chi connectivity index (χ3n) is 3.38. The molecule has 128 valence electrons. The van der Waals surface area contributed by atoms with Crippen molar-refractivity contribution in [2.75, 3.05) is 18.5 Å². The molecule has 5 heteroatoms. The highest BCUT2D eigenvalue weighted by molar-refractivity contribution is 6.04. The number of unbranched alkanes of at least 4 members (excludes halogenated alkanes) is 1. The molecular weight excluding hydrogens is 309 g/mol. The highest BCUT2D eigenvalue weighted by Crippen LogP contribution is 2.29. The van der Waals surface area contributed by atoms with E-state index in [1.807, 2.05) is 6.92 Å². The van der Waals surface area contributed by atoms with Crippen LogP contribution in [0.5, 0.6) is 11.5 Å². The van der Waals surface area contributed by atoms with Gasteiger partial charge >= 0.3 is 0 Å². The molecule has 1 amide bonds. The van der Waals surface area contributed by atoms with Gasteiger partial charge < -0.3 is 14.8 Å². The number of benzene rings is 2. The number of halogens is 1. The molecule has 0 fully saturated rings. The zero-order valence-electron chi connectivity index (χ0n) is 14.0. The lowest BCUT2D eigenvalue weighted by Crippen LogP contribution is -2.13. The molecule has 0 aliphatic rings. The maximum absolute atomic E-state index is 13.6. The summed E-state index contributed by atoms with van der Waals surface area (Å²) in [6.07, 6.45) is 1.98. The van der Waals surface area contributed by atoms with Crippen LogP contribution in [-0.4, -0.2) is 19.1 Å². The van der Waals surface area contributed by atoms with Crippen LogP contribution in [0.25, 0.3) is 0 Å². The van der Waals surface area contributed by atoms with Gasteiger partial charge in [-0.25, -0.2) is 4.39 Å². The van der Waals surface area contributed by atoms with Crippen LogP contribution in [0.3, 0.4) is 0 Å². The summed E-state index contributed by atoms with van der Waals surface area (Å²) in [5, 5.41) is 2.56. The van der Waals surface area contributed by atoms with Crippen LogP contribution in [0.15, 0.2) is 42.5 Å². The van der Waals surface area contributed by atoms with Crippen molar-refractivity contribution in [2.45, 2.75) is 26.7 Å². The highest BCUT2D eigenvalue weighted by atomic mass is 19.1. The molecule has 4 nitrogen and oxygen atoms in total. The topological polar surface area (TPSA) is 47.6 Å². The molecule has 0 radical (unpaired) electrons. The summed E-state index contributed by atoms with van der Waals surface area (Å²) in [7, 11) is 0. The second kappa shape index (κ2) is 8.91. The SMILES string of the molecule is CCCCOc1ccc(C(=O)Nc2ccccc2F)cc1OCC. The molecule has 2 rings (SSSR count). The van der Waals surface area contributed by atoms with Crippen molar-refractivity contribution >= 4 is 11.6 Å². The number of para-hydroxylation sites is 1. The summed E-state index contributed by atoms with van der Waals surface area (Å²) in [6, 6.07) is 11.0. The van der Waals surface area contributed by atoms with Gasteiger partial charge in [0, 0.05) is 5.56 Å². The number of rotatable bonds is 8. The summed E-state index contributed by atoms with van der Waals surface area (Å²) < 4.78 is 24.9. The van der Waals surface area contributed by atoms with Gasteiger partial charge in [-0.05, 0) is 43.7 Å². The summed E-state index contributed by atoms with van der Waals surface area (Å²) in [5.74, 6) is 0.235. The summed E-state index contributed by atoms with van der Waals surface area (Å²) in [5.41, 5.74) is 0.522. The first-order chi connectivity index (χ1) is 11.7. The van der Waals surface area contributed by atoms with Crippen molar-refractivity contribution in [3.63, 3.8) is 0 Å². The van der Waals surface area contributed by atoms with E-state index in [-0.39, 0.29) is 5.69 Å². The minimum absolute atomic E-state index is 0.142. The molecule has 0 spiro atoms. The van der Waals surface area contributed by atoms with E-state index < -0.39 is 11.7 Å². The number of nitrogens with one attached hydrogen (secondary N) is 1. The second-order valence-electron chi connectivity index (χ2n) is 5.23. The van der Waals surface area contributed by atoms with Crippen LogP contribution in [0, 0.1) is 5.82 Å². The molecule has 0 unspecified atom stereocenters. The van der Waals surface area contributed by atoms with Gasteiger partial charge in [0.15, 0.2) is 11.5 Å². The Morgan fingerprint density at radius 1 is 1.08 bits per heavy atom. The Kier molecular flexibility index (Phi) is 6.61. The summed E-state index contributed by atoms with van der Waals surface area (Å²) in [6.45, 7) is 5.00. The first kappa shape index (κ1) is 17.8. The molecule has 0 aliphatic carbocycles. The summed E-state index contributed by atoms with van der Waals surface area (Å²) in [4.78, 5) is 12.3. The number of carbonyl (C=O) groups is 1. The molecule has 0 heterocycles. The predicted octanol–water partition coefficient (Wildman–Crippen LogP) is 4.66. The van der Waals surface area contributed by atoms with E-state index in [0.717, 1.165) is 12.8 Å². The number of anilines is 1. The van der Waals surface area contributed by atoms with Crippen LogP contribution in [0.4, 0.5) is 10.1 Å². The van der Waals surface area contributed by atoms with Gasteiger partial charge in [0.2, 0.25) is 0 Å². The molecule has 1 N–H and O–H groups in total. The third-order valence-corrected chi connectivity index (χ3v) is 3.38. The number of hydrogen-bond donors (Lipinski definition) is 1. The fourth-order valence-corrected chi connectivity index (χ4v) is 2.12. The van der Waals surface area contributed by atoms with E-state index >= 15 is 0 Å². The molecule has 0 bridgehead atoms. The van der Waals surface area contributed by atoms with Crippen molar-refractivity contribution in [2.24, 2.45) is 0 Å². The van der Waals surface area contributed by atoms with E-state index in [2.05, 4.69) is 12.2 Å². The summed E-state index contributed by atoms with van der Waals surface area (Å²) >= 11 is 0. The van der Waals surface area contributed by atoms with Gasteiger partial charge in [-0.3, -0.25) is 4.79 Å². The van der Waals surface area contributed by atoms with Crippen molar-refractivity contribution in [1.82, 2.24) is 0 Å². The van der Waals surface area contributed by atoms with Crippen molar-refractivity contribution < 1.29 is 18.7 Å². The van der Waals surface area contributed by atoms with Gasteiger partial charge in [-0.1, -0.05) is 25.5 Å². The number of carbonyl (C=O) groups excluding carboxylic acids is 1. The molecule has 0 saturated carbocycles. The van der Waals surface area contributed by atoms with E-state index in [9.17, 15) is 9.18 Å². The Morgan fingerprint density at radius 3 is 2.58 bits per heavy atom.